The summed E-state index contributed by atoms with van der Waals surface area (Å²) in [6, 6.07) is 8.08. The van der Waals surface area contributed by atoms with Crippen LogP contribution in [0.25, 0.3) is 10.9 Å². The predicted molar refractivity (Wildman–Crippen MR) is 57.6 cm³/mol. The molecule has 1 saturated heterocycles. The molecule has 1 aromatic heterocycles. The van der Waals surface area contributed by atoms with E-state index < -0.39 is 0 Å². The van der Waals surface area contributed by atoms with Gasteiger partial charge in [-0.05, 0) is 6.07 Å². The Kier molecular flexibility index (Phi) is 1.68. The first-order valence-corrected chi connectivity index (χ1v) is 4.95. The molecule has 0 unspecified atom stereocenters. The molecule has 0 radical (unpaired) electrons. The SMILES string of the molecule is O=C1NC[C@@H](c2c[nH]c3ccccc23)N1. The summed E-state index contributed by atoms with van der Waals surface area (Å²) in [5.41, 5.74) is 2.25. The van der Waals surface area contributed by atoms with Gasteiger partial charge in [-0.3, -0.25) is 0 Å². The number of hydrogen-bond acceptors (Lipinski definition) is 1. The topological polar surface area (TPSA) is 56.9 Å². The normalized spacial score (nSPS) is 20.3. The van der Waals surface area contributed by atoms with Crippen LogP contribution in [-0.4, -0.2) is 17.6 Å². The molecule has 2 amide bonds. The molecule has 1 atom stereocenters. The monoisotopic (exact) mass is 201 g/mol. The van der Waals surface area contributed by atoms with Crippen molar-refractivity contribution in [3.05, 3.63) is 36.0 Å². The second-order valence-electron chi connectivity index (χ2n) is 3.70. The zero-order valence-corrected chi connectivity index (χ0v) is 8.08. The van der Waals surface area contributed by atoms with Gasteiger partial charge in [0.05, 0.1) is 6.04 Å². The highest BCUT2D eigenvalue weighted by Gasteiger charge is 2.23. The van der Waals surface area contributed by atoms with Crippen molar-refractivity contribution in [2.75, 3.05) is 6.54 Å². The van der Waals surface area contributed by atoms with Gasteiger partial charge in [0.25, 0.3) is 0 Å². The lowest BCUT2D eigenvalue weighted by atomic mass is 10.1. The van der Waals surface area contributed by atoms with Crippen LogP contribution in [0, 0.1) is 0 Å². The van der Waals surface area contributed by atoms with Gasteiger partial charge >= 0.3 is 6.03 Å². The van der Waals surface area contributed by atoms with Crippen LogP contribution >= 0.6 is 0 Å². The van der Waals surface area contributed by atoms with Crippen molar-refractivity contribution in [3.63, 3.8) is 0 Å². The van der Waals surface area contributed by atoms with Crippen molar-refractivity contribution < 1.29 is 4.79 Å². The number of H-pyrrole nitrogens is 1. The third-order valence-corrected chi connectivity index (χ3v) is 2.77. The first-order valence-electron chi connectivity index (χ1n) is 4.95. The van der Waals surface area contributed by atoms with Gasteiger partial charge in [0.2, 0.25) is 0 Å². The Labute approximate surface area is 86.7 Å². The molecule has 1 aromatic carbocycles. The Morgan fingerprint density at radius 1 is 1.27 bits per heavy atom. The first-order chi connectivity index (χ1) is 7.34. The smallest absolute Gasteiger partial charge is 0.315 e. The number of carbonyl (C=O) groups excluding carboxylic acids is 1. The minimum atomic E-state index is -0.0923. The van der Waals surface area contributed by atoms with E-state index in [0.717, 1.165) is 11.1 Å². The van der Waals surface area contributed by atoms with E-state index in [1.807, 2.05) is 24.4 Å². The van der Waals surface area contributed by atoms with Gasteiger partial charge in [-0.1, -0.05) is 18.2 Å². The number of fused-ring (bicyclic) bond motifs is 1. The van der Waals surface area contributed by atoms with E-state index >= 15 is 0 Å². The van der Waals surface area contributed by atoms with Crippen LogP contribution in [0.2, 0.25) is 0 Å². The number of urea groups is 1. The fourth-order valence-corrected chi connectivity index (χ4v) is 2.03. The average Bonchev–Trinajstić information content (AvgIpc) is 2.83. The second-order valence-corrected chi connectivity index (χ2v) is 3.70. The summed E-state index contributed by atoms with van der Waals surface area (Å²) in [4.78, 5) is 14.3. The van der Waals surface area contributed by atoms with Gasteiger partial charge < -0.3 is 15.6 Å². The Bertz CT molecular complexity index is 517. The van der Waals surface area contributed by atoms with E-state index in [2.05, 4.69) is 21.7 Å². The highest BCUT2D eigenvalue weighted by atomic mass is 16.2. The quantitative estimate of drug-likeness (QED) is 0.643. The molecule has 15 heavy (non-hydrogen) atoms. The number of para-hydroxylation sites is 1. The summed E-state index contributed by atoms with van der Waals surface area (Å²) in [6.45, 7) is 0.653. The minimum Gasteiger partial charge on any atom is -0.361 e. The fraction of sp³-hybridized carbons (Fsp3) is 0.182. The molecule has 3 N–H and O–H groups in total. The third kappa shape index (κ3) is 1.26. The molecule has 0 bridgehead atoms. The number of hydrogen-bond donors (Lipinski definition) is 3. The highest BCUT2D eigenvalue weighted by Crippen LogP contribution is 2.24. The molecule has 1 aliphatic heterocycles. The molecule has 76 valence electrons. The van der Waals surface area contributed by atoms with Crippen molar-refractivity contribution in [3.8, 4) is 0 Å². The van der Waals surface area contributed by atoms with E-state index in [0.29, 0.717) is 6.54 Å². The average molecular weight is 201 g/mol. The number of benzene rings is 1. The molecule has 1 aliphatic rings. The summed E-state index contributed by atoms with van der Waals surface area (Å²) in [5.74, 6) is 0. The van der Waals surface area contributed by atoms with E-state index in [9.17, 15) is 4.79 Å². The number of amides is 2. The van der Waals surface area contributed by atoms with Gasteiger partial charge in [-0.25, -0.2) is 4.79 Å². The number of aromatic amines is 1. The fourth-order valence-electron chi connectivity index (χ4n) is 2.03. The molecular weight excluding hydrogens is 190 g/mol. The van der Waals surface area contributed by atoms with Crippen LogP contribution in [0.1, 0.15) is 11.6 Å². The second kappa shape index (κ2) is 3.02. The van der Waals surface area contributed by atoms with Crippen molar-refractivity contribution in [2.24, 2.45) is 0 Å². The summed E-state index contributed by atoms with van der Waals surface area (Å²) < 4.78 is 0. The van der Waals surface area contributed by atoms with Crippen molar-refractivity contribution in [1.29, 1.82) is 0 Å². The maximum Gasteiger partial charge on any atom is 0.315 e. The number of aromatic nitrogens is 1. The lowest BCUT2D eigenvalue weighted by Crippen LogP contribution is -2.21. The van der Waals surface area contributed by atoms with Crippen LogP contribution in [0.15, 0.2) is 30.5 Å². The Morgan fingerprint density at radius 3 is 2.93 bits per heavy atom. The molecule has 2 heterocycles. The zero-order valence-electron chi connectivity index (χ0n) is 8.08. The molecule has 3 rings (SSSR count). The van der Waals surface area contributed by atoms with Crippen LogP contribution in [0.3, 0.4) is 0 Å². The minimum absolute atomic E-state index is 0.0775. The molecule has 4 nitrogen and oxygen atoms in total. The lowest BCUT2D eigenvalue weighted by Gasteiger charge is -2.06. The maximum atomic E-state index is 11.1. The van der Waals surface area contributed by atoms with Gasteiger partial charge in [0, 0.05) is 29.2 Å². The van der Waals surface area contributed by atoms with E-state index in [4.69, 9.17) is 0 Å². The zero-order chi connectivity index (χ0) is 10.3. The van der Waals surface area contributed by atoms with Crippen LogP contribution in [0.4, 0.5) is 4.79 Å². The number of rotatable bonds is 1. The first kappa shape index (κ1) is 8.35. The highest BCUT2D eigenvalue weighted by molar-refractivity contribution is 5.85. The molecule has 0 aliphatic carbocycles. The van der Waals surface area contributed by atoms with Gasteiger partial charge in [-0.2, -0.15) is 0 Å². The van der Waals surface area contributed by atoms with Crippen LogP contribution in [-0.2, 0) is 0 Å². The Morgan fingerprint density at radius 2 is 2.13 bits per heavy atom. The van der Waals surface area contributed by atoms with Crippen molar-refractivity contribution in [1.82, 2.24) is 15.6 Å². The molecule has 4 heteroatoms. The number of nitrogens with one attached hydrogen (secondary N) is 3. The Balaban J connectivity index is 2.07. The van der Waals surface area contributed by atoms with Crippen LogP contribution < -0.4 is 10.6 Å². The molecule has 1 fully saturated rings. The summed E-state index contributed by atoms with van der Waals surface area (Å²) >= 11 is 0. The predicted octanol–water partition coefficient (Wildman–Crippen LogP) is 1.52. The van der Waals surface area contributed by atoms with Crippen molar-refractivity contribution in [2.45, 2.75) is 6.04 Å². The third-order valence-electron chi connectivity index (χ3n) is 2.77. The van der Waals surface area contributed by atoms with Gasteiger partial charge in [0.1, 0.15) is 0 Å². The van der Waals surface area contributed by atoms with Crippen molar-refractivity contribution >= 4 is 16.9 Å². The van der Waals surface area contributed by atoms with E-state index in [1.165, 1.54) is 5.39 Å². The van der Waals surface area contributed by atoms with E-state index in [-0.39, 0.29) is 12.1 Å². The van der Waals surface area contributed by atoms with Gasteiger partial charge in [0.15, 0.2) is 0 Å². The summed E-state index contributed by atoms with van der Waals surface area (Å²) in [6.07, 6.45) is 1.96. The lowest BCUT2D eigenvalue weighted by molar-refractivity contribution is 0.247. The molecule has 0 spiro atoms. The summed E-state index contributed by atoms with van der Waals surface area (Å²) in [5, 5.41) is 6.81. The van der Waals surface area contributed by atoms with Gasteiger partial charge in [-0.15, -0.1) is 0 Å². The Hall–Kier alpha value is -1.97. The molecule has 2 aromatic rings. The summed E-state index contributed by atoms with van der Waals surface area (Å²) in [7, 11) is 0. The standard InChI is InChI=1S/C11H11N3O/c15-11-13-6-10(14-11)8-5-12-9-4-2-1-3-7(8)9/h1-5,10,12H,6H2,(H2,13,14,15)/t10-/m0/s1. The number of carbonyl (C=O) groups is 1. The van der Waals surface area contributed by atoms with E-state index in [1.54, 1.807) is 0 Å². The van der Waals surface area contributed by atoms with Crippen LogP contribution in [0.5, 0.6) is 0 Å². The largest absolute Gasteiger partial charge is 0.361 e. The molecular formula is C11H11N3O. The maximum absolute atomic E-state index is 11.1. The molecule has 0 saturated carbocycles.